The third-order valence-corrected chi connectivity index (χ3v) is 2.03. The number of benzene rings is 1. The van der Waals surface area contributed by atoms with Crippen molar-refractivity contribution >= 4 is 0 Å². The summed E-state index contributed by atoms with van der Waals surface area (Å²) >= 11 is 0. The van der Waals surface area contributed by atoms with E-state index in [1.54, 1.807) is 0 Å². The molecule has 1 aromatic rings. The Hall–Kier alpha value is -1.43. The van der Waals surface area contributed by atoms with Gasteiger partial charge >= 0.3 is 6.36 Å². The summed E-state index contributed by atoms with van der Waals surface area (Å²) in [6.07, 6.45) is -4.68. The van der Waals surface area contributed by atoms with Gasteiger partial charge in [0, 0.05) is 5.56 Å². The van der Waals surface area contributed by atoms with E-state index in [9.17, 15) is 13.2 Å². The highest BCUT2D eigenvalue weighted by Crippen LogP contribution is 2.35. The lowest BCUT2D eigenvalue weighted by Crippen LogP contribution is -2.17. The van der Waals surface area contributed by atoms with E-state index in [4.69, 9.17) is 10.5 Å². The maximum atomic E-state index is 11.9. The van der Waals surface area contributed by atoms with Crippen molar-refractivity contribution < 1.29 is 22.6 Å². The SMILES string of the molecule is N[C@H]1COc2ccc(OC(F)(F)F)cc21. The molecule has 15 heavy (non-hydrogen) atoms. The van der Waals surface area contributed by atoms with Crippen LogP contribution >= 0.6 is 0 Å². The lowest BCUT2D eigenvalue weighted by molar-refractivity contribution is -0.274. The van der Waals surface area contributed by atoms with Crippen LogP contribution in [0.3, 0.4) is 0 Å². The van der Waals surface area contributed by atoms with Crippen molar-refractivity contribution in [3.8, 4) is 11.5 Å². The third-order valence-electron chi connectivity index (χ3n) is 2.03. The van der Waals surface area contributed by atoms with Crippen LogP contribution in [0.2, 0.25) is 0 Å². The van der Waals surface area contributed by atoms with Crippen LogP contribution in [0.15, 0.2) is 18.2 Å². The van der Waals surface area contributed by atoms with E-state index in [1.165, 1.54) is 18.2 Å². The van der Waals surface area contributed by atoms with E-state index in [0.29, 0.717) is 11.3 Å². The van der Waals surface area contributed by atoms with E-state index in [2.05, 4.69) is 4.74 Å². The summed E-state index contributed by atoms with van der Waals surface area (Å²) in [6, 6.07) is 3.48. The van der Waals surface area contributed by atoms with E-state index in [0.717, 1.165) is 0 Å². The molecule has 82 valence electrons. The maximum Gasteiger partial charge on any atom is 0.573 e. The highest BCUT2D eigenvalue weighted by molar-refractivity contribution is 5.44. The van der Waals surface area contributed by atoms with Crippen molar-refractivity contribution in [3.05, 3.63) is 23.8 Å². The first kappa shape index (κ1) is 10.1. The quantitative estimate of drug-likeness (QED) is 0.785. The number of rotatable bonds is 1. The van der Waals surface area contributed by atoms with Gasteiger partial charge in [-0.05, 0) is 18.2 Å². The number of hydrogen-bond donors (Lipinski definition) is 1. The molecule has 0 aromatic heterocycles. The molecular weight excluding hydrogens is 211 g/mol. The summed E-state index contributed by atoms with van der Waals surface area (Å²) in [5, 5.41) is 0. The molecule has 0 radical (unpaired) electrons. The Morgan fingerprint density at radius 2 is 2.13 bits per heavy atom. The number of fused-ring (bicyclic) bond motifs is 1. The smallest absolute Gasteiger partial charge is 0.491 e. The van der Waals surface area contributed by atoms with Gasteiger partial charge in [0.05, 0.1) is 6.04 Å². The monoisotopic (exact) mass is 219 g/mol. The van der Waals surface area contributed by atoms with Gasteiger partial charge in [-0.1, -0.05) is 0 Å². The Kier molecular flexibility index (Phi) is 2.22. The molecule has 6 heteroatoms. The van der Waals surface area contributed by atoms with Gasteiger partial charge in [-0.3, -0.25) is 0 Å². The fraction of sp³-hybridized carbons (Fsp3) is 0.333. The van der Waals surface area contributed by atoms with Crippen molar-refractivity contribution in [2.75, 3.05) is 6.61 Å². The normalized spacial score (nSPS) is 19.6. The molecule has 1 atom stereocenters. The van der Waals surface area contributed by atoms with Crippen molar-refractivity contribution in [1.82, 2.24) is 0 Å². The predicted octanol–water partition coefficient (Wildman–Crippen LogP) is 1.98. The molecule has 0 unspecified atom stereocenters. The predicted molar refractivity (Wildman–Crippen MR) is 45.5 cm³/mol. The van der Waals surface area contributed by atoms with Crippen LogP contribution in [0, 0.1) is 0 Å². The van der Waals surface area contributed by atoms with Crippen molar-refractivity contribution in [2.24, 2.45) is 5.73 Å². The second kappa shape index (κ2) is 3.30. The lowest BCUT2D eigenvalue weighted by atomic mass is 10.1. The minimum Gasteiger partial charge on any atom is -0.491 e. The fourth-order valence-corrected chi connectivity index (χ4v) is 1.41. The van der Waals surface area contributed by atoms with Gasteiger partial charge < -0.3 is 15.2 Å². The number of alkyl halides is 3. The molecule has 0 fully saturated rings. The van der Waals surface area contributed by atoms with E-state index >= 15 is 0 Å². The van der Waals surface area contributed by atoms with Crippen LogP contribution in [-0.2, 0) is 0 Å². The van der Waals surface area contributed by atoms with E-state index < -0.39 is 12.4 Å². The summed E-state index contributed by atoms with van der Waals surface area (Å²) in [4.78, 5) is 0. The second-order valence-corrected chi connectivity index (χ2v) is 3.16. The first-order valence-electron chi connectivity index (χ1n) is 4.24. The fourth-order valence-electron chi connectivity index (χ4n) is 1.41. The van der Waals surface area contributed by atoms with Crippen molar-refractivity contribution in [3.63, 3.8) is 0 Å². The van der Waals surface area contributed by atoms with Crippen LogP contribution in [0.25, 0.3) is 0 Å². The molecule has 1 heterocycles. The molecule has 0 aliphatic carbocycles. The van der Waals surface area contributed by atoms with Crippen molar-refractivity contribution in [2.45, 2.75) is 12.4 Å². The Bertz CT molecular complexity index is 378. The molecule has 3 nitrogen and oxygen atoms in total. The number of halogens is 3. The molecule has 0 bridgehead atoms. The summed E-state index contributed by atoms with van der Waals surface area (Å²) in [7, 11) is 0. The molecular formula is C9H8F3NO2. The maximum absolute atomic E-state index is 11.9. The molecule has 1 aromatic carbocycles. The first-order chi connectivity index (χ1) is 6.96. The summed E-state index contributed by atoms with van der Waals surface area (Å²) in [5.74, 6) is 0.235. The van der Waals surface area contributed by atoms with Crippen LogP contribution in [0.5, 0.6) is 11.5 Å². The van der Waals surface area contributed by atoms with Gasteiger partial charge in [-0.15, -0.1) is 13.2 Å². The first-order valence-corrected chi connectivity index (χ1v) is 4.24. The minimum absolute atomic E-state index is 0.276. The standard InChI is InChI=1S/C9H8F3NO2/c10-9(11,12)15-5-1-2-8-6(3-5)7(13)4-14-8/h1-3,7H,4,13H2/t7-/m0/s1. The Balaban J connectivity index is 2.26. The number of hydrogen-bond acceptors (Lipinski definition) is 3. The Labute approximate surface area is 83.6 Å². The molecule has 0 saturated carbocycles. The van der Waals surface area contributed by atoms with Gasteiger partial charge in [-0.2, -0.15) is 0 Å². The molecule has 2 rings (SSSR count). The van der Waals surface area contributed by atoms with E-state index in [1.807, 2.05) is 0 Å². The van der Waals surface area contributed by atoms with Crippen LogP contribution in [0.1, 0.15) is 11.6 Å². The zero-order valence-electron chi connectivity index (χ0n) is 7.54. The largest absolute Gasteiger partial charge is 0.573 e. The van der Waals surface area contributed by atoms with Gasteiger partial charge in [0.25, 0.3) is 0 Å². The zero-order valence-corrected chi connectivity index (χ0v) is 7.54. The number of ether oxygens (including phenoxy) is 2. The topological polar surface area (TPSA) is 44.5 Å². The lowest BCUT2D eigenvalue weighted by Gasteiger charge is -2.10. The number of nitrogens with two attached hydrogens (primary N) is 1. The molecule has 1 aliphatic rings. The average Bonchev–Trinajstić information content (AvgIpc) is 2.45. The highest BCUT2D eigenvalue weighted by atomic mass is 19.4. The van der Waals surface area contributed by atoms with Crippen LogP contribution < -0.4 is 15.2 Å². The van der Waals surface area contributed by atoms with Gasteiger partial charge in [0.2, 0.25) is 0 Å². The van der Waals surface area contributed by atoms with Crippen LogP contribution in [-0.4, -0.2) is 13.0 Å². The second-order valence-electron chi connectivity index (χ2n) is 3.16. The Morgan fingerprint density at radius 1 is 1.40 bits per heavy atom. The molecule has 0 amide bonds. The highest BCUT2D eigenvalue weighted by Gasteiger charge is 2.32. The van der Waals surface area contributed by atoms with Gasteiger partial charge in [0.15, 0.2) is 0 Å². The van der Waals surface area contributed by atoms with E-state index in [-0.39, 0.29) is 12.4 Å². The summed E-state index contributed by atoms with van der Waals surface area (Å²) < 4.78 is 44.6. The van der Waals surface area contributed by atoms with Gasteiger partial charge in [0.1, 0.15) is 18.1 Å². The molecule has 1 aliphatic heterocycles. The summed E-state index contributed by atoms with van der Waals surface area (Å²) in [5.41, 5.74) is 6.16. The Morgan fingerprint density at radius 3 is 2.80 bits per heavy atom. The van der Waals surface area contributed by atoms with Crippen molar-refractivity contribution in [1.29, 1.82) is 0 Å². The minimum atomic E-state index is -4.68. The zero-order chi connectivity index (χ0) is 11.1. The third kappa shape index (κ3) is 2.15. The summed E-state index contributed by atoms with van der Waals surface area (Å²) in [6.45, 7) is 0.283. The van der Waals surface area contributed by atoms with Gasteiger partial charge in [-0.25, -0.2) is 0 Å². The average molecular weight is 219 g/mol. The molecule has 0 saturated heterocycles. The van der Waals surface area contributed by atoms with Crippen LogP contribution in [0.4, 0.5) is 13.2 Å². The molecule has 2 N–H and O–H groups in total. The molecule has 0 spiro atoms.